The molecule has 0 aromatic rings. The van der Waals surface area contributed by atoms with Crippen molar-refractivity contribution in [3.63, 3.8) is 0 Å². The fraction of sp³-hybridized carbons (Fsp3) is 0.750. The van der Waals surface area contributed by atoms with Crippen molar-refractivity contribution in [2.45, 2.75) is 58.2 Å². The number of likely N-dealkylation sites (tertiary alicyclic amines) is 1. The summed E-state index contributed by atoms with van der Waals surface area (Å²) in [7, 11) is 0. The van der Waals surface area contributed by atoms with Crippen molar-refractivity contribution in [2.75, 3.05) is 13.1 Å². The third kappa shape index (κ3) is 6.83. The quantitative estimate of drug-likeness (QED) is 0.351. The number of aliphatic carboxylic acids is 1. The topological polar surface area (TPSA) is 159 Å². The Morgan fingerprint density at radius 3 is 2.37 bits per heavy atom. The maximum absolute atomic E-state index is 12.7. The summed E-state index contributed by atoms with van der Waals surface area (Å²) < 4.78 is 0. The molecular weight excluding hydrogens is 360 g/mol. The van der Waals surface area contributed by atoms with Gasteiger partial charge in [0.15, 0.2) is 0 Å². The Morgan fingerprint density at radius 2 is 1.89 bits per heavy atom. The van der Waals surface area contributed by atoms with Gasteiger partial charge in [0.2, 0.25) is 24.3 Å². The normalized spacial score (nSPS) is 20.2. The second-order valence-corrected chi connectivity index (χ2v) is 6.99. The second-order valence-electron chi connectivity index (χ2n) is 6.99. The number of hydrogen-bond donors (Lipinski definition) is 3. The highest BCUT2D eigenvalue weighted by atomic mass is 16.6. The van der Waals surface area contributed by atoms with Crippen LogP contribution >= 0.6 is 0 Å². The summed E-state index contributed by atoms with van der Waals surface area (Å²) >= 11 is 0. The number of nitrogens with one attached hydrogen (secondary N) is 2. The van der Waals surface area contributed by atoms with E-state index in [9.17, 15) is 29.3 Å². The van der Waals surface area contributed by atoms with Gasteiger partial charge in [-0.15, -0.1) is 0 Å². The van der Waals surface area contributed by atoms with Gasteiger partial charge in [0.25, 0.3) is 0 Å². The summed E-state index contributed by atoms with van der Waals surface area (Å²) in [6, 6.07) is -2.52. The van der Waals surface area contributed by atoms with Crippen molar-refractivity contribution in [2.24, 2.45) is 5.92 Å². The number of nitrogens with zero attached hydrogens (tertiary/aromatic N) is 2. The van der Waals surface area contributed by atoms with Gasteiger partial charge in [-0.3, -0.25) is 29.3 Å². The zero-order valence-corrected chi connectivity index (χ0v) is 15.6. The fourth-order valence-corrected chi connectivity index (χ4v) is 3.22. The van der Waals surface area contributed by atoms with Crippen LogP contribution in [-0.4, -0.2) is 69.8 Å². The van der Waals surface area contributed by atoms with E-state index in [1.807, 2.05) is 13.8 Å². The van der Waals surface area contributed by atoms with E-state index >= 15 is 0 Å². The Labute approximate surface area is 156 Å². The molecule has 3 amide bonds. The van der Waals surface area contributed by atoms with Gasteiger partial charge >= 0.3 is 5.97 Å². The first-order valence-electron chi connectivity index (χ1n) is 8.73. The van der Waals surface area contributed by atoms with Crippen molar-refractivity contribution in [3.8, 4) is 0 Å². The Balaban J connectivity index is 2.86. The van der Waals surface area contributed by atoms with E-state index in [-0.39, 0.29) is 18.8 Å². The third-order valence-electron chi connectivity index (χ3n) is 4.28. The molecule has 1 heterocycles. The molecule has 1 fully saturated rings. The molecule has 3 N–H and O–H groups in total. The van der Waals surface area contributed by atoms with Gasteiger partial charge in [-0.25, -0.2) is 0 Å². The molecular formula is C16H26N4O7. The molecule has 11 nitrogen and oxygen atoms in total. The van der Waals surface area contributed by atoms with Gasteiger partial charge in [-0.2, -0.15) is 0 Å². The summed E-state index contributed by atoms with van der Waals surface area (Å²) in [5.74, 6) is -2.82. The van der Waals surface area contributed by atoms with Crippen molar-refractivity contribution in [1.82, 2.24) is 15.5 Å². The maximum atomic E-state index is 12.7. The molecule has 0 saturated carbocycles. The molecule has 1 saturated heterocycles. The molecule has 0 aromatic carbocycles. The molecule has 11 heteroatoms. The van der Waals surface area contributed by atoms with Crippen molar-refractivity contribution < 1.29 is 29.2 Å². The summed E-state index contributed by atoms with van der Waals surface area (Å²) in [5.41, 5.74) is 0. The molecule has 0 spiro atoms. The number of amides is 3. The number of carbonyl (C=O) groups is 4. The molecule has 1 aliphatic rings. The van der Waals surface area contributed by atoms with Crippen molar-refractivity contribution in [3.05, 3.63) is 10.1 Å². The van der Waals surface area contributed by atoms with Gasteiger partial charge in [0, 0.05) is 11.8 Å². The summed E-state index contributed by atoms with van der Waals surface area (Å²) in [6.45, 7) is 3.90. The monoisotopic (exact) mass is 386 g/mol. The molecule has 152 valence electrons. The highest BCUT2D eigenvalue weighted by molar-refractivity contribution is 5.93. The lowest BCUT2D eigenvalue weighted by molar-refractivity contribution is -0.485. The molecule has 3 unspecified atom stereocenters. The van der Waals surface area contributed by atoms with E-state index in [1.54, 1.807) is 0 Å². The smallest absolute Gasteiger partial charge is 0.322 e. The van der Waals surface area contributed by atoms with Crippen LogP contribution in [0, 0.1) is 16.0 Å². The lowest BCUT2D eigenvalue weighted by Gasteiger charge is -2.28. The molecule has 27 heavy (non-hydrogen) atoms. The van der Waals surface area contributed by atoms with Gasteiger partial charge in [0.05, 0.1) is 6.04 Å². The lowest BCUT2D eigenvalue weighted by Crippen LogP contribution is -2.55. The van der Waals surface area contributed by atoms with Crippen LogP contribution in [0.4, 0.5) is 0 Å². The van der Waals surface area contributed by atoms with Crippen LogP contribution in [0.3, 0.4) is 0 Å². The minimum absolute atomic E-state index is 0.0422. The minimum Gasteiger partial charge on any atom is -0.480 e. The number of carboxylic acids is 1. The summed E-state index contributed by atoms with van der Waals surface area (Å²) in [4.78, 5) is 58.8. The Bertz CT molecular complexity index is 608. The number of nitro groups is 1. The van der Waals surface area contributed by atoms with E-state index in [1.165, 1.54) is 11.8 Å². The SMILES string of the molecule is CC(=O)N1C(C[N+](=O)[O-])CCC1C(=O)NC(CC(C)C)C(=O)NCC(=O)O. The number of rotatable bonds is 9. The van der Waals surface area contributed by atoms with E-state index in [4.69, 9.17) is 5.11 Å². The highest BCUT2D eigenvalue weighted by Crippen LogP contribution is 2.25. The number of carboxylic acid groups (broad SMARTS) is 1. The van der Waals surface area contributed by atoms with E-state index in [2.05, 4.69) is 10.6 Å². The van der Waals surface area contributed by atoms with Crippen LogP contribution in [0.5, 0.6) is 0 Å². The maximum Gasteiger partial charge on any atom is 0.322 e. The Hall–Kier alpha value is -2.72. The average Bonchev–Trinajstić information content (AvgIpc) is 2.94. The first kappa shape index (κ1) is 22.3. The average molecular weight is 386 g/mol. The fourth-order valence-electron chi connectivity index (χ4n) is 3.22. The Kier molecular flexibility index (Phi) is 8.13. The first-order chi connectivity index (χ1) is 12.5. The zero-order valence-electron chi connectivity index (χ0n) is 15.6. The van der Waals surface area contributed by atoms with E-state index in [0.29, 0.717) is 6.42 Å². The van der Waals surface area contributed by atoms with Crippen LogP contribution < -0.4 is 10.6 Å². The standard InChI is InChI=1S/C16H26N4O7/c1-9(2)6-12(15(24)17-7-14(22)23)18-16(25)13-5-4-11(8-19(26)27)20(13)10(3)21/h9,11-13H,4-8H2,1-3H3,(H,17,24)(H,18,25)(H,22,23). The molecule has 0 radical (unpaired) electrons. The van der Waals surface area contributed by atoms with Crippen LogP contribution in [0.15, 0.2) is 0 Å². The zero-order chi connectivity index (χ0) is 20.7. The first-order valence-corrected chi connectivity index (χ1v) is 8.73. The molecule has 0 aliphatic carbocycles. The molecule has 0 aromatic heterocycles. The highest BCUT2D eigenvalue weighted by Gasteiger charge is 2.42. The second kappa shape index (κ2) is 9.83. The molecule has 1 aliphatic heterocycles. The van der Waals surface area contributed by atoms with Crippen molar-refractivity contribution >= 4 is 23.7 Å². The third-order valence-corrected chi connectivity index (χ3v) is 4.28. The van der Waals surface area contributed by atoms with Gasteiger partial charge in [-0.1, -0.05) is 13.8 Å². The van der Waals surface area contributed by atoms with Crippen LogP contribution in [0.25, 0.3) is 0 Å². The molecule has 0 bridgehead atoms. The molecule has 1 rings (SSSR count). The van der Waals surface area contributed by atoms with Crippen LogP contribution in [0.2, 0.25) is 0 Å². The Morgan fingerprint density at radius 1 is 1.26 bits per heavy atom. The van der Waals surface area contributed by atoms with Crippen molar-refractivity contribution in [1.29, 1.82) is 0 Å². The van der Waals surface area contributed by atoms with E-state index < -0.39 is 59.8 Å². The lowest BCUT2D eigenvalue weighted by atomic mass is 10.0. The van der Waals surface area contributed by atoms with Crippen LogP contribution in [-0.2, 0) is 19.2 Å². The number of carbonyl (C=O) groups excluding carboxylic acids is 3. The van der Waals surface area contributed by atoms with Crippen LogP contribution in [0.1, 0.15) is 40.0 Å². The predicted molar refractivity (Wildman–Crippen MR) is 93.2 cm³/mol. The van der Waals surface area contributed by atoms with Gasteiger partial charge in [-0.05, 0) is 25.2 Å². The number of hydrogen-bond acceptors (Lipinski definition) is 6. The van der Waals surface area contributed by atoms with Gasteiger partial charge < -0.3 is 20.6 Å². The summed E-state index contributed by atoms with van der Waals surface area (Å²) in [5, 5.41) is 24.3. The largest absolute Gasteiger partial charge is 0.480 e. The summed E-state index contributed by atoms with van der Waals surface area (Å²) in [6.07, 6.45) is 0.857. The van der Waals surface area contributed by atoms with E-state index in [0.717, 1.165) is 0 Å². The minimum atomic E-state index is -1.21. The van der Waals surface area contributed by atoms with Gasteiger partial charge in [0.1, 0.15) is 18.6 Å². The predicted octanol–water partition coefficient (Wildman–Crippen LogP) is -0.626. The molecule has 3 atom stereocenters.